The number of fused-ring (bicyclic) bond motifs is 1. The standard InChI is InChI=1S/C31H35ClFN3O6S/c1-4-21(3)34-31(38)27(5-2)35(19-22-8-6-7-9-26(22)32)30(37)20-36(24-12-10-23(33)11-13-24)43(39,40)25-14-15-28-29(18-25)42-17-16-41-28/h6-15,18,21,27H,4-5,16-17,19-20H2,1-3H3,(H,34,38)/t21-,27-/m1/s1. The van der Waals surface area contributed by atoms with Crippen molar-refractivity contribution >= 4 is 39.1 Å². The number of anilines is 1. The van der Waals surface area contributed by atoms with Crippen molar-refractivity contribution in [1.29, 1.82) is 0 Å². The summed E-state index contributed by atoms with van der Waals surface area (Å²) in [6.45, 7) is 5.46. The number of nitrogens with one attached hydrogen (secondary N) is 1. The molecule has 0 spiro atoms. The number of amides is 2. The lowest BCUT2D eigenvalue weighted by Crippen LogP contribution is -2.53. The van der Waals surface area contributed by atoms with E-state index in [0.29, 0.717) is 29.4 Å². The van der Waals surface area contributed by atoms with Gasteiger partial charge in [0, 0.05) is 23.7 Å². The number of rotatable bonds is 12. The zero-order valence-corrected chi connectivity index (χ0v) is 25.8. The molecule has 0 fully saturated rings. The third kappa shape index (κ3) is 7.58. The number of sulfonamides is 1. The summed E-state index contributed by atoms with van der Waals surface area (Å²) in [6, 6.07) is 14.9. The van der Waals surface area contributed by atoms with Crippen molar-refractivity contribution in [1.82, 2.24) is 10.2 Å². The highest BCUT2D eigenvalue weighted by molar-refractivity contribution is 7.92. The first-order chi connectivity index (χ1) is 20.5. The van der Waals surface area contributed by atoms with Crippen LogP contribution < -0.4 is 19.1 Å². The fourth-order valence-corrected chi connectivity index (χ4v) is 6.24. The maximum atomic E-state index is 14.2. The molecular formula is C31H35ClFN3O6S. The van der Waals surface area contributed by atoms with Crippen LogP contribution in [0.2, 0.25) is 5.02 Å². The zero-order chi connectivity index (χ0) is 31.1. The van der Waals surface area contributed by atoms with Crippen LogP contribution in [0.3, 0.4) is 0 Å². The number of halogens is 2. The van der Waals surface area contributed by atoms with Gasteiger partial charge in [0.05, 0.1) is 10.6 Å². The van der Waals surface area contributed by atoms with E-state index in [1.165, 1.54) is 35.2 Å². The first-order valence-electron chi connectivity index (χ1n) is 14.1. The van der Waals surface area contributed by atoms with Crippen LogP contribution in [0.15, 0.2) is 71.6 Å². The summed E-state index contributed by atoms with van der Waals surface area (Å²) in [5.41, 5.74) is 0.662. The number of carbonyl (C=O) groups is 2. The molecule has 2 atom stereocenters. The van der Waals surface area contributed by atoms with Gasteiger partial charge < -0.3 is 19.7 Å². The minimum atomic E-state index is -4.38. The minimum absolute atomic E-state index is 0.0354. The van der Waals surface area contributed by atoms with Gasteiger partial charge in [-0.25, -0.2) is 12.8 Å². The molecule has 0 saturated carbocycles. The van der Waals surface area contributed by atoms with E-state index in [2.05, 4.69) is 5.32 Å². The molecule has 230 valence electrons. The Balaban J connectivity index is 1.75. The predicted molar refractivity (Wildman–Crippen MR) is 162 cm³/mol. The Morgan fingerprint density at radius 2 is 1.65 bits per heavy atom. The molecule has 3 aromatic carbocycles. The van der Waals surface area contributed by atoms with E-state index >= 15 is 0 Å². The monoisotopic (exact) mass is 631 g/mol. The molecule has 0 radical (unpaired) electrons. The van der Waals surface area contributed by atoms with E-state index in [4.69, 9.17) is 21.1 Å². The van der Waals surface area contributed by atoms with Gasteiger partial charge in [-0.15, -0.1) is 0 Å². The lowest BCUT2D eigenvalue weighted by molar-refractivity contribution is -0.140. The molecule has 0 saturated heterocycles. The molecule has 43 heavy (non-hydrogen) atoms. The number of benzene rings is 3. The third-order valence-electron chi connectivity index (χ3n) is 7.18. The molecule has 0 unspecified atom stereocenters. The van der Waals surface area contributed by atoms with Crippen LogP contribution in [0.1, 0.15) is 39.2 Å². The van der Waals surface area contributed by atoms with E-state index in [0.717, 1.165) is 16.4 Å². The van der Waals surface area contributed by atoms with Gasteiger partial charge in [-0.3, -0.25) is 13.9 Å². The van der Waals surface area contributed by atoms with E-state index in [-0.39, 0.29) is 47.9 Å². The first kappa shape index (κ1) is 32.1. The summed E-state index contributed by atoms with van der Waals surface area (Å²) in [5.74, 6) is -0.916. The van der Waals surface area contributed by atoms with Crippen molar-refractivity contribution in [2.24, 2.45) is 0 Å². The molecular weight excluding hydrogens is 597 g/mol. The van der Waals surface area contributed by atoms with Gasteiger partial charge in [-0.1, -0.05) is 43.6 Å². The Morgan fingerprint density at radius 3 is 2.30 bits per heavy atom. The molecule has 3 aromatic rings. The van der Waals surface area contributed by atoms with Crippen LogP contribution in [0.25, 0.3) is 0 Å². The van der Waals surface area contributed by atoms with Gasteiger partial charge in [-0.2, -0.15) is 0 Å². The van der Waals surface area contributed by atoms with Gasteiger partial charge in [-0.05, 0) is 67.8 Å². The van der Waals surface area contributed by atoms with Gasteiger partial charge in [0.2, 0.25) is 11.8 Å². The normalized spacial score (nSPS) is 14.0. The number of hydrogen-bond acceptors (Lipinski definition) is 6. The number of carbonyl (C=O) groups excluding carboxylic acids is 2. The van der Waals surface area contributed by atoms with Gasteiger partial charge in [0.1, 0.15) is 31.6 Å². The summed E-state index contributed by atoms with van der Waals surface area (Å²) in [7, 11) is -4.38. The molecule has 2 amide bonds. The molecule has 0 bridgehead atoms. The van der Waals surface area contributed by atoms with Gasteiger partial charge >= 0.3 is 0 Å². The molecule has 1 heterocycles. The minimum Gasteiger partial charge on any atom is -0.486 e. The predicted octanol–water partition coefficient (Wildman–Crippen LogP) is 5.17. The fourth-order valence-electron chi connectivity index (χ4n) is 4.62. The fraction of sp³-hybridized carbons (Fsp3) is 0.355. The Labute approximate surface area is 256 Å². The Kier molecular flexibility index (Phi) is 10.5. The number of nitrogens with zero attached hydrogens (tertiary/aromatic N) is 2. The maximum Gasteiger partial charge on any atom is 0.264 e. The van der Waals surface area contributed by atoms with Crippen LogP contribution in [0, 0.1) is 5.82 Å². The summed E-state index contributed by atoms with van der Waals surface area (Å²) in [5, 5.41) is 3.33. The molecule has 1 N–H and O–H groups in total. The van der Waals surface area contributed by atoms with Gasteiger partial charge in [0.15, 0.2) is 11.5 Å². The lowest BCUT2D eigenvalue weighted by atomic mass is 10.1. The van der Waals surface area contributed by atoms with Gasteiger partial charge in [0.25, 0.3) is 10.0 Å². The highest BCUT2D eigenvalue weighted by atomic mass is 35.5. The van der Waals surface area contributed by atoms with E-state index in [1.54, 1.807) is 31.2 Å². The molecule has 12 heteroatoms. The average molecular weight is 632 g/mol. The van der Waals surface area contributed by atoms with Crippen molar-refractivity contribution in [2.45, 2.75) is 57.1 Å². The van der Waals surface area contributed by atoms with E-state index < -0.39 is 34.3 Å². The topological polar surface area (TPSA) is 105 Å². The second-order valence-electron chi connectivity index (χ2n) is 10.1. The maximum absolute atomic E-state index is 14.2. The Morgan fingerprint density at radius 1 is 0.977 bits per heavy atom. The summed E-state index contributed by atoms with van der Waals surface area (Å²) in [4.78, 5) is 28.7. The third-order valence-corrected chi connectivity index (χ3v) is 9.32. The summed E-state index contributed by atoms with van der Waals surface area (Å²) < 4.78 is 54.1. The lowest BCUT2D eigenvalue weighted by Gasteiger charge is -2.34. The smallest absolute Gasteiger partial charge is 0.264 e. The highest BCUT2D eigenvalue weighted by Gasteiger charge is 2.34. The van der Waals surface area contributed by atoms with Crippen LogP contribution in [-0.2, 0) is 26.2 Å². The molecule has 1 aliphatic heterocycles. The summed E-state index contributed by atoms with van der Waals surface area (Å²) in [6.07, 6.45) is 0.955. The van der Waals surface area contributed by atoms with Crippen molar-refractivity contribution in [3.8, 4) is 11.5 Å². The van der Waals surface area contributed by atoms with Crippen molar-refractivity contribution in [2.75, 3.05) is 24.1 Å². The molecule has 0 aliphatic carbocycles. The molecule has 9 nitrogen and oxygen atoms in total. The largest absolute Gasteiger partial charge is 0.486 e. The quantitative estimate of drug-likeness (QED) is 0.296. The molecule has 0 aromatic heterocycles. The van der Waals surface area contributed by atoms with Crippen LogP contribution >= 0.6 is 11.6 Å². The second kappa shape index (κ2) is 14.1. The van der Waals surface area contributed by atoms with Crippen molar-refractivity contribution in [3.05, 3.63) is 83.1 Å². The van der Waals surface area contributed by atoms with Crippen LogP contribution in [0.4, 0.5) is 10.1 Å². The SMILES string of the molecule is CC[C@@H](C)NC(=O)[C@@H](CC)N(Cc1ccccc1Cl)C(=O)CN(c1ccc(F)cc1)S(=O)(=O)c1ccc2c(c1)OCCO2. The van der Waals surface area contributed by atoms with Crippen molar-refractivity contribution in [3.63, 3.8) is 0 Å². The zero-order valence-electron chi connectivity index (χ0n) is 24.3. The number of hydrogen-bond donors (Lipinski definition) is 1. The Bertz CT molecular complexity index is 1550. The van der Waals surface area contributed by atoms with E-state index in [1.807, 2.05) is 13.8 Å². The van der Waals surface area contributed by atoms with Crippen LogP contribution in [0.5, 0.6) is 11.5 Å². The van der Waals surface area contributed by atoms with E-state index in [9.17, 15) is 22.4 Å². The van der Waals surface area contributed by atoms with Crippen LogP contribution in [-0.4, -0.2) is 57.0 Å². The molecule has 4 rings (SSSR count). The first-order valence-corrected chi connectivity index (χ1v) is 15.9. The van der Waals surface area contributed by atoms with Crippen molar-refractivity contribution < 1.29 is 31.9 Å². The summed E-state index contributed by atoms with van der Waals surface area (Å²) >= 11 is 6.43. The number of ether oxygens (including phenoxy) is 2. The Hall–Kier alpha value is -3.83. The molecule has 1 aliphatic rings. The second-order valence-corrected chi connectivity index (χ2v) is 12.4. The highest BCUT2D eigenvalue weighted by Crippen LogP contribution is 2.34. The average Bonchev–Trinajstić information content (AvgIpc) is 3.00.